The molecular formula is C37H45F6N5O6S. The molecule has 1 atom stereocenters. The molecule has 11 nitrogen and oxygen atoms in total. The van der Waals surface area contributed by atoms with Gasteiger partial charge in [0.25, 0.3) is 5.91 Å². The highest BCUT2D eigenvalue weighted by molar-refractivity contribution is 7.88. The Labute approximate surface area is 316 Å². The van der Waals surface area contributed by atoms with Crippen LogP contribution in [0.3, 0.4) is 0 Å². The predicted molar refractivity (Wildman–Crippen MR) is 189 cm³/mol. The van der Waals surface area contributed by atoms with Gasteiger partial charge in [-0.25, -0.2) is 22.3 Å². The molecule has 18 heteroatoms. The molecule has 55 heavy (non-hydrogen) atoms. The van der Waals surface area contributed by atoms with Crippen LogP contribution in [0.25, 0.3) is 0 Å². The van der Waals surface area contributed by atoms with E-state index < -0.39 is 63.6 Å². The van der Waals surface area contributed by atoms with E-state index in [1.165, 1.54) is 20.4 Å². The fourth-order valence-electron chi connectivity index (χ4n) is 8.30. The third-order valence-electron chi connectivity index (χ3n) is 11.4. The largest absolute Gasteiger partial charge is 0.436 e. The summed E-state index contributed by atoms with van der Waals surface area (Å²) in [6, 6.07) is 8.09. The van der Waals surface area contributed by atoms with Crippen molar-refractivity contribution >= 4 is 33.7 Å². The Kier molecular flexibility index (Phi) is 12.0. The summed E-state index contributed by atoms with van der Waals surface area (Å²) in [5.41, 5.74) is -1.82. The highest BCUT2D eigenvalue weighted by atomic mass is 32.2. The Morgan fingerprint density at radius 1 is 0.800 bits per heavy atom. The standard InChI is InChI=1S/C37H45F6N5O6S/c1-55(52,53)47-17-8-26(9-18-47)25-6-13-45(14-7-25)33(49)32(22-24-20-28(36(38,39)40)23-29(21-24)37(41,42)43)54-35(51)46-15-11-30(12-16-46)48-19-10-27-4-2-3-5-31(27)44-34(48)50/h2-5,20-21,23,25-26,30,32H,6-19,22H2,1H3,(H,44,50)/t32-/m1/s1. The van der Waals surface area contributed by atoms with E-state index in [-0.39, 0.29) is 56.2 Å². The second kappa shape index (κ2) is 16.2. The molecule has 0 radical (unpaired) electrons. The minimum atomic E-state index is -5.11. The van der Waals surface area contributed by atoms with Crippen LogP contribution in [0.5, 0.6) is 0 Å². The van der Waals surface area contributed by atoms with Gasteiger partial charge in [0.1, 0.15) is 0 Å². The maximum Gasteiger partial charge on any atom is 0.416 e. The number of piperidine rings is 3. The zero-order valence-corrected chi connectivity index (χ0v) is 31.2. The number of hydrogen-bond acceptors (Lipinski definition) is 6. The van der Waals surface area contributed by atoms with Crippen LogP contribution >= 0.6 is 0 Å². The molecule has 0 bridgehead atoms. The van der Waals surface area contributed by atoms with E-state index in [0.29, 0.717) is 76.7 Å². The lowest BCUT2D eigenvalue weighted by molar-refractivity contribution is -0.143. The van der Waals surface area contributed by atoms with Gasteiger partial charge in [-0.1, -0.05) is 18.2 Å². The molecule has 2 aromatic rings. The Morgan fingerprint density at radius 3 is 1.91 bits per heavy atom. The summed E-state index contributed by atoms with van der Waals surface area (Å²) in [5.74, 6) is -0.305. The molecule has 302 valence electrons. The molecule has 4 amide bonds. The van der Waals surface area contributed by atoms with Crippen molar-refractivity contribution in [2.24, 2.45) is 11.8 Å². The third-order valence-corrected chi connectivity index (χ3v) is 12.7. The normalized spacial score (nSPS) is 20.8. The lowest BCUT2D eigenvalue weighted by Gasteiger charge is -2.40. The number of nitrogens with zero attached hydrogens (tertiary/aromatic N) is 4. The zero-order chi connectivity index (χ0) is 39.7. The van der Waals surface area contributed by atoms with Crippen molar-refractivity contribution in [2.45, 2.75) is 75.9 Å². The summed E-state index contributed by atoms with van der Waals surface area (Å²) >= 11 is 0. The topological polar surface area (TPSA) is 120 Å². The molecule has 1 N–H and O–H groups in total. The number of hydrogen-bond donors (Lipinski definition) is 1. The van der Waals surface area contributed by atoms with Crippen LogP contribution in [-0.2, 0) is 44.7 Å². The molecule has 0 aliphatic carbocycles. The monoisotopic (exact) mass is 801 g/mol. The second-order valence-corrected chi connectivity index (χ2v) is 16.9. The number of carbonyl (C=O) groups excluding carboxylic acids is 3. The third kappa shape index (κ3) is 9.85. The van der Waals surface area contributed by atoms with Gasteiger partial charge in [-0.2, -0.15) is 26.3 Å². The summed E-state index contributed by atoms with van der Waals surface area (Å²) in [5, 5.41) is 2.93. The van der Waals surface area contributed by atoms with Crippen LogP contribution in [0.1, 0.15) is 60.8 Å². The van der Waals surface area contributed by atoms with E-state index in [1.54, 1.807) is 4.90 Å². The number of carbonyl (C=O) groups is 3. The van der Waals surface area contributed by atoms with Crippen molar-refractivity contribution in [1.82, 2.24) is 19.0 Å². The quantitative estimate of drug-likeness (QED) is 0.332. The van der Waals surface area contributed by atoms with Crippen LogP contribution in [-0.4, -0.2) is 110 Å². The lowest BCUT2D eigenvalue weighted by Crippen LogP contribution is -2.52. The molecule has 2 aromatic carbocycles. The Hall–Kier alpha value is -4.06. The van der Waals surface area contributed by atoms with Crippen LogP contribution in [0, 0.1) is 11.8 Å². The number of halogens is 6. The molecule has 0 spiro atoms. The number of alkyl halides is 6. The van der Waals surface area contributed by atoms with Gasteiger partial charge in [0, 0.05) is 64.0 Å². The number of anilines is 1. The number of fused-ring (bicyclic) bond motifs is 1. The smallest absolute Gasteiger partial charge is 0.416 e. The van der Waals surface area contributed by atoms with E-state index in [9.17, 15) is 49.1 Å². The average molecular weight is 802 g/mol. The number of nitrogens with one attached hydrogen (secondary N) is 1. The van der Waals surface area contributed by atoms with E-state index in [1.807, 2.05) is 24.3 Å². The zero-order valence-electron chi connectivity index (χ0n) is 30.4. The molecule has 0 aromatic heterocycles. The summed E-state index contributed by atoms with van der Waals surface area (Å²) in [7, 11) is -3.30. The van der Waals surface area contributed by atoms with Gasteiger partial charge in [0.2, 0.25) is 10.0 Å². The Morgan fingerprint density at radius 2 is 1.35 bits per heavy atom. The summed E-state index contributed by atoms with van der Waals surface area (Å²) in [6.07, 6.45) is -8.56. The van der Waals surface area contributed by atoms with Gasteiger partial charge in [-0.05, 0) is 92.2 Å². The number of rotatable bonds is 7. The summed E-state index contributed by atoms with van der Waals surface area (Å²) < 4.78 is 113. The van der Waals surface area contributed by atoms with Gasteiger partial charge in [0.05, 0.1) is 17.4 Å². The Bertz CT molecular complexity index is 1800. The minimum absolute atomic E-state index is 0.00489. The first-order valence-electron chi connectivity index (χ1n) is 18.5. The second-order valence-electron chi connectivity index (χ2n) is 14.9. The lowest BCUT2D eigenvalue weighted by atomic mass is 9.79. The number of sulfonamides is 1. The molecule has 4 aliphatic heterocycles. The fraction of sp³-hybridized carbons (Fsp3) is 0.595. The summed E-state index contributed by atoms with van der Waals surface area (Å²) in [6.45, 7) is 2.00. The maximum absolute atomic E-state index is 14.0. The van der Waals surface area contributed by atoms with E-state index in [0.717, 1.165) is 11.3 Å². The van der Waals surface area contributed by atoms with Crippen molar-refractivity contribution in [3.63, 3.8) is 0 Å². The van der Waals surface area contributed by atoms with Gasteiger partial charge < -0.3 is 24.8 Å². The van der Waals surface area contributed by atoms with E-state index >= 15 is 0 Å². The summed E-state index contributed by atoms with van der Waals surface area (Å²) in [4.78, 5) is 45.1. The SMILES string of the molecule is CS(=O)(=O)N1CCC(C2CCN(C(=O)[C@@H](Cc3cc(C(F)(F)F)cc(C(F)(F)F)c3)OC(=O)N3CCC(N4CCc5ccccc5NC4=O)CC3)CC2)CC1. The highest BCUT2D eigenvalue weighted by Gasteiger charge is 2.40. The number of amides is 4. The van der Waals surface area contributed by atoms with Gasteiger partial charge in [-0.3, -0.25) is 4.79 Å². The van der Waals surface area contributed by atoms with Crippen molar-refractivity contribution in [3.8, 4) is 0 Å². The first-order valence-corrected chi connectivity index (χ1v) is 20.3. The predicted octanol–water partition coefficient (Wildman–Crippen LogP) is 6.24. The van der Waals surface area contributed by atoms with Crippen molar-refractivity contribution < 1.29 is 53.9 Å². The first kappa shape index (κ1) is 40.6. The molecule has 3 fully saturated rings. The van der Waals surface area contributed by atoms with Crippen LogP contribution in [0.15, 0.2) is 42.5 Å². The molecular weight excluding hydrogens is 756 g/mol. The van der Waals surface area contributed by atoms with E-state index in [2.05, 4.69) is 5.32 Å². The Balaban J connectivity index is 1.14. The number of benzene rings is 2. The highest BCUT2D eigenvalue weighted by Crippen LogP contribution is 2.38. The average Bonchev–Trinajstić information content (AvgIpc) is 3.31. The molecule has 0 unspecified atom stereocenters. The van der Waals surface area contributed by atoms with Gasteiger partial charge in [0.15, 0.2) is 6.10 Å². The molecule has 4 aliphatic rings. The van der Waals surface area contributed by atoms with Crippen molar-refractivity contribution in [3.05, 3.63) is 64.7 Å². The first-order chi connectivity index (χ1) is 25.9. The molecule has 0 saturated carbocycles. The van der Waals surface area contributed by atoms with Gasteiger partial charge >= 0.3 is 24.5 Å². The fourth-order valence-corrected chi connectivity index (χ4v) is 9.17. The molecule has 4 heterocycles. The van der Waals surface area contributed by atoms with Crippen LogP contribution in [0.2, 0.25) is 0 Å². The molecule has 6 rings (SSSR count). The number of para-hydroxylation sites is 1. The minimum Gasteiger partial charge on any atom is -0.436 e. The molecule has 3 saturated heterocycles. The number of likely N-dealkylation sites (tertiary alicyclic amines) is 2. The van der Waals surface area contributed by atoms with Crippen LogP contribution < -0.4 is 5.32 Å². The van der Waals surface area contributed by atoms with Crippen molar-refractivity contribution in [2.75, 3.05) is 57.4 Å². The van der Waals surface area contributed by atoms with E-state index in [4.69, 9.17) is 4.74 Å². The number of ether oxygens (including phenoxy) is 1. The van der Waals surface area contributed by atoms with Crippen molar-refractivity contribution in [1.29, 1.82) is 0 Å². The number of urea groups is 1. The van der Waals surface area contributed by atoms with Gasteiger partial charge in [-0.15, -0.1) is 0 Å². The maximum atomic E-state index is 14.0. The van der Waals surface area contributed by atoms with Crippen LogP contribution in [0.4, 0.5) is 41.6 Å².